The topological polar surface area (TPSA) is 113 Å². The molecule has 0 saturated heterocycles. The molecule has 1 aromatic carbocycles. The van der Waals surface area contributed by atoms with Crippen LogP contribution in [0.15, 0.2) is 41.0 Å². The van der Waals surface area contributed by atoms with Crippen LogP contribution in [-0.4, -0.2) is 11.7 Å². The minimum absolute atomic E-state index is 0.0343. The fraction of sp³-hybridized carbons (Fsp3) is 0.294. The van der Waals surface area contributed by atoms with E-state index in [1.807, 2.05) is 0 Å². The number of benzene rings is 1. The Balaban J connectivity index is 0.000000299. The van der Waals surface area contributed by atoms with Crippen molar-refractivity contribution in [2.75, 3.05) is 0 Å². The monoisotopic (exact) mass is 298 g/mol. The van der Waals surface area contributed by atoms with Gasteiger partial charge in [-0.1, -0.05) is 32.3 Å². The summed E-state index contributed by atoms with van der Waals surface area (Å²) >= 11 is 0. The van der Waals surface area contributed by atoms with Crippen LogP contribution in [0.3, 0.4) is 0 Å². The summed E-state index contributed by atoms with van der Waals surface area (Å²) in [5.74, 6) is 1.65. The highest BCUT2D eigenvalue weighted by Gasteiger charge is 2.17. The van der Waals surface area contributed by atoms with Crippen molar-refractivity contribution in [3.63, 3.8) is 0 Å². The second-order valence-electron chi connectivity index (χ2n) is 5.42. The number of nitrogens with one attached hydrogen (secondary N) is 2. The summed E-state index contributed by atoms with van der Waals surface area (Å²) in [6, 6.07) is 8.53. The fourth-order valence-corrected chi connectivity index (χ4v) is 2.11. The van der Waals surface area contributed by atoms with Crippen molar-refractivity contribution in [2.45, 2.75) is 26.2 Å². The second-order valence-corrected chi connectivity index (χ2v) is 5.42. The molecular formula is C17H22N4O. The van der Waals surface area contributed by atoms with Crippen LogP contribution in [0.25, 0.3) is 11.3 Å². The van der Waals surface area contributed by atoms with Crippen LogP contribution in [0.4, 0.5) is 0 Å². The Kier molecular flexibility index (Phi) is 4.99. The van der Waals surface area contributed by atoms with Gasteiger partial charge in [0.15, 0.2) is 0 Å². The fourth-order valence-electron chi connectivity index (χ4n) is 2.11. The molecule has 22 heavy (non-hydrogen) atoms. The minimum atomic E-state index is -0.0495. The SMILES string of the molecule is CCC1CC1.N=C(N)c1ccc(C(=N)N)c(-c2ccco2)c1. The first-order chi connectivity index (χ1) is 10.5. The van der Waals surface area contributed by atoms with Crippen LogP contribution < -0.4 is 11.5 Å². The maximum atomic E-state index is 7.51. The normalized spacial score (nSPS) is 13.1. The predicted octanol–water partition coefficient (Wildman–Crippen LogP) is 3.32. The first-order valence-corrected chi connectivity index (χ1v) is 7.39. The van der Waals surface area contributed by atoms with Crippen molar-refractivity contribution in [1.82, 2.24) is 0 Å². The average Bonchev–Trinajstić information content (AvgIpc) is 3.20. The number of hydrogen-bond donors (Lipinski definition) is 4. The smallest absolute Gasteiger partial charge is 0.134 e. The van der Waals surface area contributed by atoms with Crippen LogP contribution in [0.5, 0.6) is 0 Å². The van der Waals surface area contributed by atoms with E-state index in [0.29, 0.717) is 22.5 Å². The zero-order valence-corrected chi connectivity index (χ0v) is 12.7. The van der Waals surface area contributed by atoms with E-state index in [4.69, 9.17) is 26.7 Å². The molecule has 0 unspecified atom stereocenters. The highest BCUT2D eigenvalue weighted by molar-refractivity contribution is 6.03. The second kappa shape index (κ2) is 6.93. The van der Waals surface area contributed by atoms with Gasteiger partial charge in [0.1, 0.15) is 17.4 Å². The minimum Gasteiger partial charge on any atom is -0.464 e. The lowest BCUT2D eigenvalue weighted by Crippen LogP contribution is -2.15. The number of nitrogen functional groups attached to an aromatic ring is 2. The van der Waals surface area contributed by atoms with Crippen LogP contribution >= 0.6 is 0 Å². The third-order valence-corrected chi connectivity index (χ3v) is 3.68. The van der Waals surface area contributed by atoms with Crippen LogP contribution in [0, 0.1) is 16.7 Å². The van der Waals surface area contributed by atoms with Gasteiger partial charge in [0.2, 0.25) is 0 Å². The van der Waals surface area contributed by atoms with Gasteiger partial charge in [-0.05, 0) is 30.2 Å². The summed E-state index contributed by atoms with van der Waals surface area (Å²) in [7, 11) is 0. The number of hydrogen-bond acceptors (Lipinski definition) is 3. The van der Waals surface area contributed by atoms with Gasteiger partial charge in [0.25, 0.3) is 0 Å². The summed E-state index contributed by atoms with van der Waals surface area (Å²) in [4.78, 5) is 0. The molecule has 5 heteroatoms. The van der Waals surface area contributed by atoms with Crippen molar-refractivity contribution in [3.8, 4) is 11.3 Å². The van der Waals surface area contributed by atoms with E-state index in [-0.39, 0.29) is 11.7 Å². The molecule has 0 bridgehead atoms. The predicted molar refractivity (Wildman–Crippen MR) is 89.2 cm³/mol. The molecular weight excluding hydrogens is 276 g/mol. The van der Waals surface area contributed by atoms with Gasteiger partial charge < -0.3 is 15.9 Å². The molecule has 0 amide bonds. The molecule has 6 N–H and O–H groups in total. The Hall–Kier alpha value is -2.56. The van der Waals surface area contributed by atoms with Gasteiger partial charge >= 0.3 is 0 Å². The summed E-state index contributed by atoms with van der Waals surface area (Å²) in [5.41, 5.74) is 12.7. The summed E-state index contributed by atoms with van der Waals surface area (Å²) in [6.45, 7) is 2.26. The molecule has 1 aliphatic carbocycles. The Morgan fingerprint density at radius 3 is 2.32 bits per heavy atom. The number of furan rings is 1. The van der Waals surface area contributed by atoms with E-state index >= 15 is 0 Å². The lowest BCUT2D eigenvalue weighted by molar-refractivity contribution is 0.582. The molecule has 3 rings (SSSR count). The zero-order valence-electron chi connectivity index (χ0n) is 12.7. The quantitative estimate of drug-likeness (QED) is 0.513. The molecule has 0 radical (unpaired) electrons. The lowest BCUT2D eigenvalue weighted by atomic mass is 10.0. The van der Waals surface area contributed by atoms with Gasteiger partial charge in [-0.3, -0.25) is 10.8 Å². The van der Waals surface area contributed by atoms with E-state index in [0.717, 1.165) is 5.92 Å². The highest BCUT2D eigenvalue weighted by Crippen LogP contribution is 2.31. The van der Waals surface area contributed by atoms with E-state index in [9.17, 15) is 0 Å². The van der Waals surface area contributed by atoms with Gasteiger partial charge in [-0.15, -0.1) is 0 Å². The third kappa shape index (κ3) is 3.97. The Bertz CT molecular complexity index is 657. The van der Waals surface area contributed by atoms with E-state index in [1.165, 1.54) is 19.3 Å². The van der Waals surface area contributed by atoms with Crippen molar-refractivity contribution < 1.29 is 4.42 Å². The Morgan fingerprint density at radius 2 is 1.91 bits per heavy atom. The van der Waals surface area contributed by atoms with Crippen LogP contribution in [-0.2, 0) is 0 Å². The van der Waals surface area contributed by atoms with Crippen molar-refractivity contribution >= 4 is 11.7 Å². The highest BCUT2D eigenvalue weighted by atomic mass is 16.3. The first-order valence-electron chi connectivity index (χ1n) is 7.39. The Morgan fingerprint density at radius 1 is 1.18 bits per heavy atom. The Labute approximate surface area is 130 Å². The zero-order chi connectivity index (χ0) is 16.1. The number of amidine groups is 2. The number of rotatable bonds is 4. The van der Waals surface area contributed by atoms with Gasteiger partial charge in [0.05, 0.1) is 6.26 Å². The molecule has 1 aromatic heterocycles. The number of nitrogens with two attached hydrogens (primary N) is 2. The molecule has 1 aliphatic rings. The maximum absolute atomic E-state index is 7.51. The maximum Gasteiger partial charge on any atom is 0.134 e. The summed E-state index contributed by atoms with van der Waals surface area (Å²) in [6.07, 6.45) is 5.98. The van der Waals surface area contributed by atoms with Gasteiger partial charge in [0, 0.05) is 16.7 Å². The molecule has 0 atom stereocenters. The summed E-state index contributed by atoms with van der Waals surface area (Å²) in [5, 5.41) is 14.9. The molecule has 1 heterocycles. The van der Waals surface area contributed by atoms with E-state index in [1.54, 1.807) is 36.6 Å². The van der Waals surface area contributed by atoms with Crippen molar-refractivity contribution in [2.24, 2.45) is 17.4 Å². The van der Waals surface area contributed by atoms with Gasteiger partial charge in [-0.25, -0.2) is 0 Å². The molecule has 1 fully saturated rings. The first kappa shape index (κ1) is 15.8. The van der Waals surface area contributed by atoms with Crippen LogP contribution in [0.2, 0.25) is 0 Å². The molecule has 5 nitrogen and oxygen atoms in total. The van der Waals surface area contributed by atoms with Crippen LogP contribution in [0.1, 0.15) is 37.3 Å². The lowest BCUT2D eigenvalue weighted by Gasteiger charge is -2.08. The molecule has 116 valence electrons. The van der Waals surface area contributed by atoms with Crippen molar-refractivity contribution in [1.29, 1.82) is 10.8 Å². The standard InChI is InChI=1S/C12H12N4O.C5H10/c13-11(14)7-3-4-8(12(15)16)9(6-7)10-2-1-5-17-10;1-2-5-3-4-5/h1-6H,(H3,13,14)(H3,15,16);5H,2-4H2,1H3. The van der Waals surface area contributed by atoms with Crippen molar-refractivity contribution in [3.05, 3.63) is 47.7 Å². The largest absolute Gasteiger partial charge is 0.464 e. The molecule has 0 spiro atoms. The van der Waals surface area contributed by atoms with E-state index < -0.39 is 0 Å². The van der Waals surface area contributed by atoms with E-state index in [2.05, 4.69) is 6.92 Å². The molecule has 0 aliphatic heterocycles. The average molecular weight is 298 g/mol. The summed E-state index contributed by atoms with van der Waals surface area (Å²) < 4.78 is 5.28. The molecule has 1 saturated carbocycles. The third-order valence-electron chi connectivity index (χ3n) is 3.68. The molecule has 2 aromatic rings. The van der Waals surface area contributed by atoms with Gasteiger partial charge in [-0.2, -0.15) is 0 Å².